The van der Waals surface area contributed by atoms with Gasteiger partial charge >= 0.3 is 0 Å². The highest BCUT2D eigenvalue weighted by Gasteiger charge is 2.25. The molecule has 1 aromatic heterocycles. The van der Waals surface area contributed by atoms with Crippen molar-refractivity contribution in [2.24, 2.45) is 0 Å². The third kappa shape index (κ3) is 2.79. The summed E-state index contributed by atoms with van der Waals surface area (Å²) < 4.78 is 27.4. The first-order chi connectivity index (χ1) is 10.6. The molecule has 116 valence electrons. The van der Waals surface area contributed by atoms with E-state index in [9.17, 15) is 13.6 Å². The Morgan fingerprint density at radius 3 is 2.77 bits per heavy atom. The number of benzene rings is 1. The Kier molecular flexibility index (Phi) is 4.04. The van der Waals surface area contributed by atoms with Crippen LogP contribution in [0.25, 0.3) is 0 Å². The highest BCUT2D eigenvalue weighted by Crippen LogP contribution is 2.29. The summed E-state index contributed by atoms with van der Waals surface area (Å²) in [5, 5.41) is 6.84. The topological polar surface area (TPSA) is 80.0 Å². The highest BCUT2D eigenvalue weighted by molar-refractivity contribution is 7.18. The number of nitrogens with two attached hydrogens (primary N) is 1. The molecule has 0 aliphatic carbocycles. The fourth-order valence-electron chi connectivity index (χ4n) is 2.34. The third-order valence-corrected chi connectivity index (χ3v) is 4.44. The summed E-state index contributed by atoms with van der Waals surface area (Å²) in [6, 6.07) is 3.49. The van der Waals surface area contributed by atoms with Gasteiger partial charge in [-0.1, -0.05) is 17.4 Å². The van der Waals surface area contributed by atoms with Crippen LogP contribution in [0.4, 0.5) is 19.7 Å². The van der Waals surface area contributed by atoms with Crippen molar-refractivity contribution in [2.75, 3.05) is 24.1 Å². The van der Waals surface area contributed by atoms with Crippen molar-refractivity contribution in [3.8, 4) is 0 Å². The number of thiazole rings is 1. The Morgan fingerprint density at radius 2 is 2.14 bits per heavy atom. The third-order valence-electron chi connectivity index (χ3n) is 3.44. The summed E-state index contributed by atoms with van der Waals surface area (Å²) >= 11 is 1.01. The van der Waals surface area contributed by atoms with Gasteiger partial charge in [-0.2, -0.15) is 0 Å². The van der Waals surface area contributed by atoms with E-state index in [2.05, 4.69) is 15.6 Å². The molecule has 1 atom stereocenters. The number of hydrogen-bond donors (Lipinski definition) is 3. The zero-order chi connectivity index (χ0) is 15.7. The molecular formula is C14H14F2N4OS. The standard InChI is InChI=1S/C14H14F2N4OS/c15-8-2-1-3-9(16)10(8)11(21)12-13(17)20-14(22-12)19-7-4-5-18-6-7/h1-3,7,18H,4-6,17H2,(H,19,20). The largest absolute Gasteiger partial charge is 0.382 e. The Balaban J connectivity index is 1.88. The molecule has 2 aromatic rings. The van der Waals surface area contributed by atoms with Crippen molar-refractivity contribution in [3.63, 3.8) is 0 Å². The first-order valence-corrected chi connectivity index (χ1v) is 7.60. The number of nitrogen functional groups attached to an aromatic ring is 1. The smallest absolute Gasteiger partial charge is 0.212 e. The lowest BCUT2D eigenvalue weighted by atomic mass is 10.1. The molecule has 3 rings (SSSR count). The highest BCUT2D eigenvalue weighted by atomic mass is 32.1. The summed E-state index contributed by atoms with van der Waals surface area (Å²) in [5.41, 5.74) is 5.13. The van der Waals surface area contributed by atoms with Gasteiger partial charge in [0.2, 0.25) is 5.78 Å². The molecule has 1 saturated heterocycles. The van der Waals surface area contributed by atoms with E-state index in [4.69, 9.17) is 5.73 Å². The molecule has 1 aliphatic heterocycles. The predicted octanol–water partition coefficient (Wildman–Crippen LogP) is 2.01. The van der Waals surface area contributed by atoms with Gasteiger partial charge in [0.05, 0.1) is 5.56 Å². The first-order valence-electron chi connectivity index (χ1n) is 6.78. The number of anilines is 2. The molecule has 2 heterocycles. The van der Waals surface area contributed by atoms with Crippen molar-refractivity contribution >= 4 is 28.1 Å². The Labute approximate surface area is 129 Å². The lowest BCUT2D eigenvalue weighted by Gasteiger charge is -2.08. The van der Waals surface area contributed by atoms with Gasteiger partial charge in [0, 0.05) is 12.6 Å². The molecule has 0 saturated carbocycles. The van der Waals surface area contributed by atoms with E-state index in [-0.39, 0.29) is 16.7 Å². The van der Waals surface area contributed by atoms with E-state index in [0.717, 1.165) is 43.0 Å². The molecule has 0 amide bonds. The maximum atomic E-state index is 13.7. The van der Waals surface area contributed by atoms with Gasteiger partial charge in [-0.3, -0.25) is 4.79 Å². The second-order valence-electron chi connectivity index (χ2n) is 4.99. The van der Waals surface area contributed by atoms with E-state index in [1.807, 2.05) is 0 Å². The van der Waals surface area contributed by atoms with E-state index in [1.54, 1.807) is 0 Å². The fourth-order valence-corrected chi connectivity index (χ4v) is 3.25. The summed E-state index contributed by atoms with van der Waals surface area (Å²) in [6.07, 6.45) is 0.935. The zero-order valence-corrected chi connectivity index (χ0v) is 12.3. The van der Waals surface area contributed by atoms with Crippen LogP contribution in [0.3, 0.4) is 0 Å². The van der Waals surface area contributed by atoms with Crippen LogP contribution >= 0.6 is 11.3 Å². The average Bonchev–Trinajstić information content (AvgIpc) is 3.08. The summed E-state index contributed by atoms with van der Waals surface area (Å²) in [7, 11) is 0. The minimum atomic E-state index is -0.910. The summed E-state index contributed by atoms with van der Waals surface area (Å²) in [5.74, 6) is -2.63. The SMILES string of the molecule is Nc1nc(NC2CCNC2)sc1C(=O)c1c(F)cccc1F. The number of nitrogens with one attached hydrogen (secondary N) is 2. The molecule has 22 heavy (non-hydrogen) atoms. The fraction of sp³-hybridized carbons (Fsp3) is 0.286. The van der Waals surface area contributed by atoms with E-state index in [1.165, 1.54) is 6.07 Å². The maximum Gasteiger partial charge on any atom is 0.212 e. The van der Waals surface area contributed by atoms with Gasteiger partial charge in [0.25, 0.3) is 0 Å². The van der Waals surface area contributed by atoms with Gasteiger partial charge in [0.1, 0.15) is 22.3 Å². The van der Waals surface area contributed by atoms with Gasteiger partial charge in [-0.25, -0.2) is 13.8 Å². The number of ketones is 1. The normalized spacial score (nSPS) is 17.6. The van der Waals surface area contributed by atoms with E-state index in [0.29, 0.717) is 5.13 Å². The van der Waals surface area contributed by atoms with Crippen molar-refractivity contribution in [1.29, 1.82) is 0 Å². The number of halogens is 2. The lowest BCUT2D eigenvalue weighted by molar-refractivity contribution is 0.103. The minimum absolute atomic E-state index is 0.0221. The van der Waals surface area contributed by atoms with Crippen molar-refractivity contribution < 1.29 is 13.6 Å². The molecule has 0 radical (unpaired) electrons. The Bertz CT molecular complexity index is 693. The van der Waals surface area contributed by atoms with Crippen molar-refractivity contribution in [3.05, 3.63) is 40.3 Å². The lowest BCUT2D eigenvalue weighted by Crippen LogP contribution is -2.21. The molecule has 1 fully saturated rings. The number of nitrogens with zero attached hydrogens (tertiary/aromatic N) is 1. The monoisotopic (exact) mass is 324 g/mol. The second-order valence-corrected chi connectivity index (χ2v) is 5.99. The molecule has 1 aliphatic rings. The number of carbonyl (C=O) groups excluding carboxylic acids is 1. The van der Waals surface area contributed by atoms with Gasteiger partial charge in [-0.15, -0.1) is 0 Å². The van der Waals surface area contributed by atoms with Gasteiger partial charge in [0.15, 0.2) is 5.13 Å². The minimum Gasteiger partial charge on any atom is -0.382 e. The van der Waals surface area contributed by atoms with E-state index >= 15 is 0 Å². The molecular weight excluding hydrogens is 310 g/mol. The van der Waals surface area contributed by atoms with Crippen LogP contribution in [0, 0.1) is 11.6 Å². The van der Waals surface area contributed by atoms with Crippen LogP contribution in [-0.4, -0.2) is 29.9 Å². The summed E-state index contributed by atoms with van der Waals surface area (Å²) in [6.45, 7) is 1.70. The molecule has 0 bridgehead atoms. The average molecular weight is 324 g/mol. The Morgan fingerprint density at radius 1 is 1.41 bits per heavy atom. The molecule has 1 unspecified atom stereocenters. The van der Waals surface area contributed by atoms with Crippen LogP contribution in [0.15, 0.2) is 18.2 Å². The molecule has 8 heteroatoms. The van der Waals surface area contributed by atoms with Crippen molar-refractivity contribution in [1.82, 2.24) is 10.3 Å². The number of hydrogen-bond acceptors (Lipinski definition) is 6. The van der Waals surface area contributed by atoms with E-state index < -0.39 is 23.0 Å². The number of carbonyl (C=O) groups is 1. The molecule has 1 aromatic carbocycles. The maximum absolute atomic E-state index is 13.7. The van der Waals surface area contributed by atoms with Gasteiger partial charge < -0.3 is 16.4 Å². The zero-order valence-electron chi connectivity index (χ0n) is 11.5. The summed E-state index contributed by atoms with van der Waals surface area (Å²) in [4.78, 5) is 16.4. The quantitative estimate of drug-likeness (QED) is 0.750. The predicted molar refractivity (Wildman–Crippen MR) is 81.2 cm³/mol. The Hall–Kier alpha value is -2.06. The van der Waals surface area contributed by atoms with Crippen LogP contribution in [0.2, 0.25) is 0 Å². The van der Waals surface area contributed by atoms with Crippen molar-refractivity contribution in [2.45, 2.75) is 12.5 Å². The molecule has 0 spiro atoms. The van der Waals surface area contributed by atoms with Crippen LogP contribution in [-0.2, 0) is 0 Å². The number of aromatic nitrogens is 1. The first kappa shape index (κ1) is 14.9. The molecule has 4 N–H and O–H groups in total. The molecule has 5 nitrogen and oxygen atoms in total. The van der Waals surface area contributed by atoms with Crippen LogP contribution in [0.1, 0.15) is 21.7 Å². The van der Waals surface area contributed by atoms with Crippen LogP contribution in [0.5, 0.6) is 0 Å². The van der Waals surface area contributed by atoms with Crippen LogP contribution < -0.4 is 16.4 Å². The number of rotatable bonds is 4. The second kappa shape index (κ2) is 5.98. The van der Waals surface area contributed by atoms with Gasteiger partial charge in [-0.05, 0) is 25.1 Å².